The van der Waals surface area contributed by atoms with Gasteiger partial charge in [0.2, 0.25) is 0 Å². The van der Waals surface area contributed by atoms with Crippen molar-refractivity contribution < 1.29 is 4.74 Å². The number of hydrogen-bond acceptors (Lipinski definition) is 5. The summed E-state index contributed by atoms with van der Waals surface area (Å²) in [5.74, 6) is 2.23. The summed E-state index contributed by atoms with van der Waals surface area (Å²) in [6.45, 7) is 6.56. The zero-order valence-corrected chi connectivity index (χ0v) is 18.5. The van der Waals surface area contributed by atoms with E-state index in [-0.39, 0.29) is 5.60 Å². The topological polar surface area (TPSA) is 31.8 Å². The summed E-state index contributed by atoms with van der Waals surface area (Å²) in [4.78, 5) is 12.1. The fraction of sp³-hybridized carbons (Fsp3) is 0.577. The van der Waals surface area contributed by atoms with Crippen LogP contribution in [0.25, 0.3) is 0 Å². The smallest absolute Gasteiger partial charge is 0.128 e. The lowest BCUT2D eigenvalue weighted by atomic mass is 9.81. The molecule has 0 bridgehead atoms. The van der Waals surface area contributed by atoms with E-state index in [1.165, 1.54) is 62.9 Å². The van der Waals surface area contributed by atoms with Gasteiger partial charge in [0.1, 0.15) is 17.2 Å². The SMILES string of the molecule is c1ccc(N2CCN(c3ccc4c(c3)CCC3(CCN(C5CCC5)CC3)O4)CC2)nc1. The van der Waals surface area contributed by atoms with Gasteiger partial charge in [0.15, 0.2) is 0 Å². The predicted octanol–water partition coefficient (Wildman–Crippen LogP) is 4.12. The monoisotopic (exact) mass is 418 g/mol. The largest absolute Gasteiger partial charge is 0.487 e. The van der Waals surface area contributed by atoms with Gasteiger partial charge < -0.3 is 19.4 Å². The Morgan fingerprint density at radius 3 is 2.39 bits per heavy atom. The summed E-state index contributed by atoms with van der Waals surface area (Å²) in [5.41, 5.74) is 2.83. The Labute approximate surface area is 186 Å². The maximum Gasteiger partial charge on any atom is 0.128 e. The minimum atomic E-state index is 0.0864. The van der Waals surface area contributed by atoms with E-state index >= 15 is 0 Å². The Balaban J connectivity index is 1.09. The molecule has 5 nitrogen and oxygen atoms in total. The second kappa shape index (κ2) is 8.01. The van der Waals surface area contributed by atoms with Crippen LogP contribution in [0, 0.1) is 0 Å². The number of likely N-dealkylation sites (tertiary alicyclic amines) is 1. The number of piperazine rings is 1. The van der Waals surface area contributed by atoms with Crippen LogP contribution < -0.4 is 14.5 Å². The van der Waals surface area contributed by atoms with Gasteiger partial charge in [-0.15, -0.1) is 0 Å². The third-order valence-corrected chi connectivity index (χ3v) is 8.14. The zero-order chi connectivity index (χ0) is 20.7. The predicted molar refractivity (Wildman–Crippen MR) is 125 cm³/mol. The highest BCUT2D eigenvalue weighted by Gasteiger charge is 2.41. The number of piperidine rings is 1. The van der Waals surface area contributed by atoms with Crippen LogP contribution in [0.1, 0.15) is 44.1 Å². The van der Waals surface area contributed by atoms with Crippen molar-refractivity contribution >= 4 is 11.5 Å². The van der Waals surface area contributed by atoms with Gasteiger partial charge in [0.25, 0.3) is 0 Å². The molecule has 1 aliphatic carbocycles. The minimum absolute atomic E-state index is 0.0864. The van der Waals surface area contributed by atoms with Crippen LogP contribution in [0.2, 0.25) is 0 Å². The van der Waals surface area contributed by atoms with Gasteiger partial charge >= 0.3 is 0 Å². The van der Waals surface area contributed by atoms with Gasteiger partial charge in [-0.05, 0) is 74.4 Å². The number of anilines is 2. The van der Waals surface area contributed by atoms with Crippen LogP contribution in [0.15, 0.2) is 42.6 Å². The van der Waals surface area contributed by atoms with Gasteiger partial charge in [-0.2, -0.15) is 0 Å². The number of ether oxygens (including phenoxy) is 1. The molecule has 1 saturated carbocycles. The van der Waals surface area contributed by atoms with Crippen LogP contribution in [0.5, 0.6) is 5.75 Å². The molecule has 0 amide bonds. The molecule has 2 aromatic rings. The summed E-state index contributed by atoms with van der Waals surface area (Å²) >= 11 is 0. The van der Waals surface area contributed by atoms with Crippen molar-refractivity contribution in [1.82, 2.24) is 9.88 Å². The first-order valence-corrected chi connectivity index (χ1v) is 12.3. The quantitative estimate of drug-likeness (QED) is 0.749. The first kappa shape index (κ1) is 19.4. The molecular weight excluding hydrogens is 384 g/mol. The van der Waals surface area contributed by atoms with E-state index in [4.69, 9.17) is 4.74 Å². The summed E-state index contributed by atoms with van der Waals surface area (Å²) in [7, 11) is 0. The maximum atomic E-state index is 6.70. The fourth-order valence-electron chi connectivity index (χ4n) is 5.84. The molecule has 2 saturated heterocycles. The number of nitrogens with zero attached hydrogens (tertiary/aromatic N) is 4. The molecule has 0 radical (unpaired) electrons. The Bertz CT molecular complexity index is 897. The first-order valence-electron chi connectivity index (χ1n) is 12.3. The van der Waals surface area contributed by atoms with Gasteiger partial charge in [0.05, 0.1) is 0 Å². The van der Waals surface area contributed by atoms with Crippen LogP contribution in [0.4, 0.5) is 11.5 Å². The van der Waals surface area contributed by atoms with Gasteiger partial charge in [-0.1, -0.05) is 12.5 Å². The van der Waals surface area contributed by atoms with Gasteiger partial charge in [-0.25, -0.2) is 4.98 Å². The standard InChI is InChI=1S/C26H34N4O/c1-2-13-27-25(6-1)30-18-16-29(17-19-30)23-7-8-24-21(20-23)9-10-26(31-24)11-14-28(15-12-26)22-4-3-5-22/h1-2,6-8,13,20,22H,3-5,9-12,14-19H2. The van der Waals surface area contributed by atoms with Crippen molar-refractivity contribution in [1.29, 1.82) is 0 Å². The number of pyridine rings is 1. The zero-order valence-electron chi connectivity index (χ0n) is 18.5. The number of fused-ring (bicyclic) bond motifs is 1. The van der Waals surface area contributed by atoms with Crippen LogP contribution in [-0.4, -0.2) is 60.8 Å². The number of hydrogen-bond donors (Lipinski definition) is 0. The molecule has 0 atom stereocenters. The molecule has 31 heavy (non-hydrogen) atoms. The van der Waals surface area contributed by atoms with Gasteiger partial charge in [-0.3, -0.25) is 0 Å². The lowest BCUT2D eigenvalue weighted by Crippen LogP contribution is -2.53. The lowest BCUT2D eigenvalue weighted by Gasteiger charge is -2.48. The van der Waals surface area contributed by atoms with E-state index in [0.717, 1.165) is 50.2 Å². The number of rotatable bonds is 3. The average Bonchev–Trinajstić information content (AvgIpc) is 2.80. The number of aromatic nitrogens is 1. The number of aryl methyl sites for hydroxylation is 1. The normalized spacial score (nSPS) is 23.9. The molecule has 1 aromatic carbocycles. The summed E-state index contributed by atoms with van der Waals surface area (Å²) in [6.07, 6.45) is 10.9. The number of benzene rings is 1. The van der Waals surface area contributed by atoms with E-state index < -0.39 is 0 Å². The van der Waals surface area contributed by atoms with Crippen molar-refractivity contribution in [3.63, 3.8) is 0 Å². The van der Waals surface area contributed by atoms with Crippen LogP contribution in [0.3, 0.4) is 0 Å². The summed E-state index contributed by atoms with van der Waals surface area (Å²) in [6, 6.07) is 13.9. The third-order valence-electron chi connectivity index (χ3n) is 8.14. The van der Waals surface area contributed by atoms with Crippen molar-refractivity contribution in [3.8, 4) is 5.75 Å². The Kier molecular flexibility index (Phi) is 5.02. The van der Waals surface area contributed by atoms with Crippen molar-refractivity contribution in [3.05, 3.63) is 48.2 Å². The Morgan fingerprint density at radius 1 is 0.871 bits per heavy atom. The highest BCUT2D eigenvalue weighted by atomic mass is 16.5. The van der Waals surface area contributed by atoms with E-state index in [1.54, 1.807) is 0 Å². The maximum absolute atomic E-state index is 6.70. The molecule has 6 rings (SSSR count). The molecule has 4 heterocycles. The van der Waals surface area contributed by atoms with Crippen molar-refractivity contribution in [2.75, 3.05) is 49.1 Å². The van der Waals surface area contributed by atoms with Crippen molar-refractivity contribution in [2.24, 2.45) is 0 Å². The van der Waals surface area contributed by atoms with Crippen LogP contribution >= 0.6 is 0 Å². The molecule has 0 unspecified atom stereocenters. The van der Waals surface area contributed by atoms with Crippen LogP contribution in [-0.2, 0) is 6.42 Å². The molecule has 3 fully saturated rings. The molecule has 1 spiro atoms. The van der Waals surface area contributed by atoms with Gasteiger partial charge in [0, 0.05) is 57.2 Å². The van der Waals surface area contributed by atoms with E-state index in [9.17, 15) is 0 Å². The first-order chi connectivity index (χ1) is 15.3. The second-order valence-corrected chi connectivity index (χ2v) is 9.86. The van der Waals surface area contributed by atoms with E-state index in [1.807, 2.05) is 12.3 Å². The molecule has 3 aliphatic heterocycles. The lowest BCUT2D eigenvalue weighted by molar-refractivity contribution is -0.0336. The summed E-state index contributed by atoms with van der Waals surface area (Å²) < 4.78 is 6.70. The molecule has 5 heteroatoms. The van der Waals surface area contributed by atoms with E-state index in [0.29, 0.717) is 0 Å². The molecule has 164 valence electrons. The van der Waals surface area contributed by atoms with E-state index in [2.05, 4.69) is 50.0 Å². The van der Waals surface area contributed by atoms with Crippen molar-refractivity contribution in [2.45, 2.75) is 56.6 Å². The summed E-state index contributed by atoms with van der Waals surface area (Å²) in [5, 5.41) is 0. The highest BCUT2D eigenvalue weighted by molar-refractivity contribution is 5.55. The highest BCUT2D eigenvalue weighted by Crippen LogP contribution is 2.42. The average molecular weight is 419 g/mol. The molecular formula is C26H34N4O. The minimum Gasteiger partial charge on any atom is -0.487 e. The second-order valence-electron chi connectivity index (χ2n) is 9.86. The molecule has 4 aliphatic rings. The molecule has 1 aromatic heterocycles. The third kappa shape index (κ3) is 3.78. The Hall–Kier alpha value is -2.27. The molecule has 0 N–H and O–H groups in total. The fourth-order valence-corrected chi connectivity index (χ4v) is 5.84. The Morgan fingerprint density at radius 2 is 1.68 bits per heavy atom.